The minimum atomic E-state index is -1.25. The van der Waals surface area contributed by atoms with Crippen LogP contribution >= 0.6 is 0 Å². The van der Waals surface area contributed by atoms with Gasteiger partial charge in [-0.2, -0.15) is 0 Å². The number of aliphatic hydroxyl groups excluding tert-OH is 1. The van der Waals surface area contributed by atoms with Crippen molar-refractivity contribution in [1.82, 2.24) is 4.90 Å². The SMILES string of the molecule is CC(O)CN(C)C(=O)Nc1ccc(C(=O)O)c(O)c1. The minimum Gasteiger partial charge on any atom is -0.507 e. The number of urea groups is 1. The highest BCUT2D eigenvalue weighted by atomic mass is 16.4. The van der Waals surface area contributed by atoms with Crippen molar-refractivity contribution < 1.29 is 24.9 Å². The highest BCUT2D eigenvalue weighted by molar-refractivity contribution is 5.93. The van der Waals surface area contributed by atoms with Crippen molar-refractivity contribution in [2.45, 2.75) is 13.0 Å². The number of aliphatic hydroxyl groups is 1. The summed E-state index contributed by atoms with van der Waals surface area (Å²) in [5.74, 6) is -1.68. The van der Waals surface area contributed by atoms with Crippen LogP contribution in [0.1, 0.15) is 17.3 Å². The van der Waals surface area contributed by atoms with Gasteiger partial charge in [0.2, 0.25) is 0 Å². The highest BCUT2D eigenvalue weighted by Crippen LogP contribution is 2.22. The number of nitrogens with one attached hydrogen (secondary N) is 1. The second kappa shape index (κ2) is 6.05. The van der Waals surface area contributed by atoms with Gasteiger partial charge in [0.15, 0.2) is 0 Å². The topological polar surface area (TPSA) is 110 Å². The van der Waals surface area contributed by atoms with E-state index >= 15 is 0 Å². The first-order valence-electron chi connectivity index (χ1n) is 5.57. The smallest absolute Gasteiger partial charge is 0.339 e. The van der Waals surface area contributed by atoms with Gasteiger partial charge in [-0.05, 0) is 19.1 Å². The molecule has 0 aliphatic rings. The fraction of sp³-hybridized carbons (Fsp3) is 0.333. The van der Waals surface area contributed by atoms with Crippen molar-refractivity contribution in [2.24, 2.45) is 0 Å². The molecule has 0 saturated heterocycles. The fourth-order valence-electron chi connectivity index (χ4n) is 1.49. The number of likely N-dealkylation sites (N-methyl/N-ethyl adjacent to an activating group) is 1. The number of phenols is 1. The van der Waals surface area contributed by atoms with Crippen molar-refractivity contribution in [3.8, 4) is 5.75 Å². The maximum Gasteiger partial charge on any atom is 0.339 e. The van der Waals surface area contributed by atoms with Gasteiger partial charge in [0, 0.05) is 25.3 Å². The Balaban J connectivity index is 2.75. The molecule has 0 fully saturated rings. The summed E-state index contributed by atoms with van der Waals surface area (Å²) in [7, 11) is 1.51. The number of amides is 2. The van der Waals surface area contributed by atoms with E-state index in [1.54, 1.807) is 6.92 Å². The lowest BCUT2D eigenvalue weighted by Crippen LogP contribution is -2.36. The zero-order valence-corrected chi connectivity index (χ0v) is 10.6. The second-order valence-electron chi connectivity index (χ2n) is 4.20. The third-order valence-corrected chi connectivity index (χ3v) is 2.36. The molecular weight excluding hydrogens is 252 g/mol. The Bertz CT molecular complexity index is 487. The van der Waals surface area contributed by atoms with Gasteiger partial charge < -0.3 is 25.5 Å². The average molecular weight is 268 g/mol. The van der Waals surface area contributed by atoms with Gasteiger partial charge in [0.25, 0.3) is 0 Å². The number of carboxylic acids is 1. The number of hydrogen-bond acceptors (Lipinski definition) is 4. The van der Waals surface area contributed by atoms with Crippen LogP contribution in [0.5, 0.6) is 5.75 Å². The zero-order valence-electron chi connectivity index (χ0n) is 10.6. The summed E-state index contributed by atoms with van der Waals surface area (Å²) in [6.07, 6.45) is -0.654. The van der Waals surface area contributed by atoms with E-state index < -0.39 is 23.9 Å². The molecule has 0 aliphatic heterocycles. The zero-order chi connectivity index (χ0) is 14.6. The number of anilines is 1. The summed E-state index contributed by atoms with van der Waals surface area (Å²) in [4.78, 5) is 23.7. The lowest BCUT2D eigenvalue weighted by Gasteiger charge is -2.19. The molecule has 0 aliphatic carbocycles. The molecule has 0 saturated carbocycles. The molecule has 0 heterocycles. The van der Waals surface area contributed by atoms with Crippen molar-refractivity contribution >= 4 is 17.7 Å². The van der Waals surface area contributed by atoms with Crippen LogP contribution in [0.2, 0.25) is 0 Å². The Morgan fingerprint density at radius 3 is 2.53 bits per heavy atom. The van der Waals surface area contributed by atoms with Gasteiger partial charge in [-0.25, -0.2) is 9.59 Å². The molecule has 0 radical (unpaired) electrons. The van der Waals surface area contributed by atoms with E-state index in [1.165, 1.54) is 24.1 Å². The van der Waals surface area contributed by atoms with E-state index in [4.69, 9.17) is 10.2 Å². The normalized spacial score (nSPS) is 11.7. The molecule has 1 atom stereocenters. The van der Waals surface area contributed by atoms with Crippen LogP contribution in [0.15, 0.2) is 18.2 Å². The molecule has 7 heteroatoms. The van der Waals surface area contributed by atoms with E-state index in [1.807, 2.05) is 0 Å². The second-order valence-corrected chi connectivity index (χ2v) is 4.20. The molecule has 1 rings (SSSR count). The van der Waals surface area contributed by atoms with E-state index in [0.717, 1.165) is 6.07 Å². The number of hydrogen-bond donors (Lipinski definition) is 4. The van der Waals surface area contributed by atoms with Crippen LogP contribution in [0.4, 0.5) is 10.5 Å². The number of carboxylic acid groups (broad SMARTS) is 1. The van der Waals surface area contributed by atoms with Crippen molar-refractivity contribution in [1.29, 1.82) is 0 Å². The number of nitrogens with zero attached hydrogens (tertiary/aromatic N) is 1. The largest absolute Gasteiger partial charge is 0.507 e. The Morgan fingerprint density at radius 1 is 1.42 bits per heavy atom. The Labute approximate surface area is 110 Å². The van der Waals surface area contributed by atoms with E-state index in [2.05, 4.69) is 5.32 Å². The predicted molar refractivity (Wildman–Crippen MR) is 68.4 cm³/mol. The Hall–Kier alpha value is -2.28. The van der Waals surface area contributed by atoms with Gasteiger partial charge in [-0.1, -0.05) is 0 Å². The van der Waals surface area contributed by atoms with Gasteiger partial charge >= 0.3 is 12.0 Å². The van der Waals surface area contributed by atoms with E-state index in [-0.39, 0.29) is 17.8 Å². The van der Waals surface area contributed by atoms with Gasteiger partial charge in [-0.15, -0.1) is 0 Å². The lowest BCUT2D eigenvalue weighted by molar-refractivity contribution is 0.0693. The number of carbonyl (C=O) groups excluding carboxylic acids is 1. The molecule has 0 aromatic heterocycles. The van der Waals surface area contributed by atoms with Crippen molar-refractivity contribution in [2.75, 3.05) is 18.9 Å². The molecule has 4 N–H and O–H groups in total. The molecule has 1 aromatic carbocycles. The summed E-state index contributed by atoms with van der Waals surface area (Å²) in [6.45, 7) is 1.71. The molecule has 1 aromatic rings. The molecule has 0 bridgehead atoms. The number of benzene rings is 1. The first-order chi connectivity index (χ1) is 8.81. The summed E-state index contributed by atoms with van der Waals surface area (Å²) >= 11 is 0. The summed E-state index contributed by atoms with van der Waals surface area (Å²) in [5, 5.41) is 29.8. The first kappa shape index (κ1) is 14.8. The molecular formula is C12H16N2O5. The molecule has 1 unspecified atom stereocenters. The number of rotatable bonds is 4. The lowest BCUT2D eigenvalue weighted by atomic mass is 10.2. The van der Waals surface area contributed by atoms with Crippen LogP contribution in [-0.4, -0.2) is 51.9 Å². The van der Waals surface area contributed by atoms with Crippen LogP contribution in [0.25, 0.3) is 0 Å². The monoisotopic (exact) mass is 268 g/mol. The van der Waals surface area contributed by atoms with Crippen molar-refractivity contribution in [3.63, 3.8) is 0 Å². The van der Waals surface area contributed by atoms with Crippen molar-refractivity contribution in [3.05, 3.63) is 23.8 Å². The van der Waals surface area contributed by atoms with E-state index in [9.17, 15) is 14.7 Å². The maximum absolute atomic E-state index is 11.7. The quantitative estimate of drug-likeness (QED) is 0.649. The molecule has 7 nitrogen and oxygen atoms in total. The minimum absolute atomic E-state index is 0.158. The molecule has 19 heavy (non-hydrogen) atoms. The first-order valence-corrected chi connectivity index (χ1v) is 5.57. The van der Waals surface area contributed by atoms with Gasteiger partial charge in [-0.3, -0.25) is 0 Å². The van der Waals surface area contributed by atoms with Gasteiger partial charge in [0.05, 0.1) is 6.10 Å². The van der Waals surface area contributed by atoms with Gasteiger partial charge in [0.1, 0.15) is 11.3 Å². The molecule has 104 valence electrons. The Kier molecular flexibility index (Phi) is 4.71. The fourth-order valence-corrected chi connectivity index (χ4v) is 1.49. The van der Waals surface area contributed by atoms with Crippen LogP contribution in [0, 0.1) is 0 Å². The molecule has 0 spiro atoms. The maximum atomic E-state index is 11.7. The van der Waals surface area contributed by atoms with Crippen LogP contribution < -0.4 is 5.32 Å². The number of carbonyl (C=O) groups is 2. The summed E-state index contributed by atoms with van der Waals surface area (Å²) in [6, 6.07) is 3.25. The average Bonchev–Trinajstić information content (AvgIpc) is 2.27. The highest BCUT2D eigenvalue weighted by Gasteiger charge is 2.13. The number of aromatic hydroxyl groups is 1. The third kappa shape index (κ3) is 4.14. The van der Waals surface area contributed by atoms with Crippen LogP contribution in [-0.2, 0) is 0 Å². The summed E-state index contributed by atoms with van der Waals surface area (Å²) < 4.78 is 0. The van der Waals surface area contributed by atoms with Crippen LogP contribution in [0.3, 0.4) is 0 Å². The predicted octanol–water partition coefficient (Wildman–Crippen LogP) is 0.935. The van der Waals surface area contributed by atoms with E-state index in [0.29, 0.717) is 0 Å². The standard InChI is InChI=1S/C12H16N2O5/c1-7(15)6-14(2)12(19)13-8-3-4-9(11(17)18)10(16)5-8/h3-5,7,15-16H,6H2,1-2H3,(H,13,19)(H,17,18). The number of aromatic carboxylic acids is 1. The summed E-state index contributed by atoms with van der Waals surface area (Å²) in [5.41, 5.74) is 0.0280. The molecule has 2 amide bonds. The Morgan fingerprint density at radius 2 is 2.05 bits per heavy atom. The third-order valence-electron chi connectivity index (χ3n) is 2.36.